The summed E-state index contributed by atoms with van der Waals surface area (Å²) in [5, 5.41) is 6.97. The largest absolute Gasteiger partial charge is 0.444 e. The van der Waals surface area contributed by atoms with Crippen LogP contribution in [0.25, 0.3) is 0 Å². The zero-order chi connectivity index (χ0) is 26.5. The maximum absolute atomic E-state index is 13.3. The molecule has 2 aromatic rings. The predicted octanol–water partition coefficient (Wildman–Crippen LogP) is 4.20. The monoisotopic (exact) mass is 529 g/mol. The van der Waals surface area contributed by atoms with Crippen molar-refractivity contribution in [3.05, 3.63) is 64.7 Å². The van der Waals surface area contributed by atoms with E-state index in [2.05, 4.69) is 10.6 Å². The van der Waals surface area contributed by atoms with Crippen LogP contribution in [0.1, 0.15) is 38.3 Å². The van der Waals surface area contributed by atoms with Gasteiger partial charge in [-0.05, 0) is 57.6 Å². The van der Waals surface area contributed by atoms with Gasteiger partial charge in [-0.25, -0.2) is 9.79 Å². The minimum absolute atomic E-state index is 0.252. The normalized spacial score (nSPS) is 15.4. The number of hydrogen-bond acceptors (Lipinski definition) is 5. The molecule has 8 nitrogen and oxygen atoms in total. The molecule has 0 aliphatic carbocycles. The minimum atomic E-state index is -0.930. The van der Waals surface area contributed by atoms with Crippen LogP contribution in [0.5, 0.6) is 0 Å². The van der Waals surface area contributed by atoms with Crippen LogP contribution in [0.4, 0.5) is 10.5 Å². The first-order chi connectivity index (χ1) is 17.0. The van der Waals surface area contributed by atoms with Crippen LogP contribution in [0, 0.1) is 0 Å². The molecule has 3 rings (SSSR count). The zero-order valence-corrected chi connectivity index (χ0v) is 22.7. The molecule has 1 aliphatic rings. The number of nitrogens with one attached hydrogen (secondary N) is 2. The fourth-order valence-corrected chi connectivity index (χ4v) is 3.98. The summed E-state index contributed by atoms with van der Waals surface area (Å²) < 4.78 is 5.36. The van der Waals surface area contributed by atoms with E-state index in [0.717, 1.165) is 11.1 Å². The molecule has 0 bridgehead atoms. The molecular formula is C26H32ClN5O3S. The zero-order valence-electron chi connectivity index (χ0n) is 21.2. The van der Waals surface area contributed by atoms with Gasteiger partial charge in [0.15, 0.2) is 5.11 Å². The number of benzene rings is 2. The Labute approximate surface area is 222 Å². The first-order valence-corrected chi connectivity index (χ1v) is 12.4. The van der Waals surface area contributed by atoms with Gasteiger partial charge in [0.1, 0.15) is 5.60 Å². The quantitative estimate of drug-likeness (QED) is 0.431. The molecule has 1 atom stereocenters. The summed E-state index contributed by atoms with van der Waals surface area (Å²) >= 11 is 11.7. The van der Waals surface area contributed by atoms with Crippen LogP contribution in [0.15, 0.2) is 53.5 Å². The third-order valence-electron chi connectivity index (χ3n) is 5.37. The van der Waals surface area contributed by atoms with Crippen LogP contribution in [-0.2, 0) is 9.53 Å². The Bertz CT molecular complexity index is 1150. The van der Waals surface area contributed by atoms with E-state index < -0.39 is 11.8 Å². The van der Waals surface area contributed by atoms with Gasteiger partial charge in [-0.15, -0.1) is 0 Å². The SMILES string of the molecule is CN(CCCNC(=S)NC1N=C(c2ccccc2)c2cc(Cl)ccc2N(C)C1=O)C(=O)OC(C)(C)C. The van der Waals surface area contributed by atoms with Gasteiger partial charge in [-0.1, -0.05) is 41.9 Å². The molecule has 1 unspecified atom stereocenters. The molecule has 2 aromatic carbocycles. The van der Waals surface area contributed by atoms with E-state index in [1.54, 1.807) is 25.1 Å². The molecule has 1 heterocycles. The minimum Gasteiger partial charge on any atom is -0.444 e. The maximum Gasteiger partial charge on any atom is 0.410 e. The van der Waals surface area contributed by atoms with Crippen molar-refractivity contribution < 1.29 is 14.3 Å². The Hall–Kier alpha value is -3.17. The molecule has 0 aromatic heterocycles. The van der Waals surface area contributed by atoms with Crippen LogP contribution in [-0.4, -0.2) is 66.7 Å². The molecular weight excluding hydrogens is 498 g/mol. The highest BCUT2D eigenvalue weighted by molar-refractivity contribution is 7.80. The summed E-state index contributed by atoms with van der Waals surface area (Å²) in [7, 11) is 3.39. The molecule has 1 aliphatic heterocycles. The Balaban J connectivity index is 1.69. The van der Waals surface area contributed by atoms with Gasteiger partial charge in [0.25, 0.3) is 5.91 Å². The molecule has 2 amide bonds. The maximum atomic E-state index is 13.3. The average molecular weight is 530 g/mol. The lowest BCUT2D eigenvalue weighted by molar-refractivity contribution is -0.119. The van der Waals surface area contributed by atoms with E-state index in [1.807, 2.05) is 63.2 Å². The molecule has 0 saturated carbocycles. The number of rotatable bonds is 6. The highest BCUT2D eigenvalue weighted by Gasteiger charge is 2.30. The summed E-state index contributed by atoms with van der Waals surface area (Å²) in [6.45, 7) is 6.48. The number of nitrogens with zero attached hydrogens (tertiary/aromatic N) is 3. The second-order valence-electron chi connectivity index (χ2n) is 9.46. The lowest BCUT2D eigenvalue weighted by Crippen LogP contribution is -2.49. The second kappa shape index (κ2) is 11.7. The topological polar surface area (TPSA) is 86.3 Å². The van der Waals surface area contributed by atoms with Crippen molar-refractivity contribution in [3.63, 3.8) is 0 Å². The van der Waals surface area contributed by atoms with Gasteiger partial charge >= 0.3 is 6.09 Å². The van der Waals surface area contributed by atoms with Crippen LogP contribution < -0.4 is 15.5 Å². The highest BCUT2D eigenvalue weighted by atomic mass is 35.5. The first kappa shape index (κ1) is 27.4. The number of thiocarbonyl (C=S) groups is 1. The van der Waals surface area contributed by atoms with Crippen molar-refractivity contribution in [2.45, 2.75) is 39.0 Å². The fourth-order valence-electron chi connectivity index (χ4n) is 3.59. The van der Waals surface area contributed by atoms with E-state index in [-0.39, 0.29) is 12.0 Å². The highest BCUT2D eigenvalue weighted by Crippen LogP contribution is 2.29. The van der Waals surface area contributed by atoms with Crippen molar-refractivity contribution in [1.82, 2.24) is 15.5 Å². The van der Waals surface area contributed by atoms with Crippen molar-refractivity contribution in [2.24, 2.45) is 4.99 Å². The van der Waals surface area contributed by atoms with Gasteiger partial charge in [-0.2, -0.15) is 0 Å². The molecule has 10 heteroatoms. The summed E-state index contributed by atoms with van der Waals surface area (Å²) in [6.07, 6.45) is -0.669. The summed E-state index contributed by atoms with van der Waals surface area (Å²) in [6, 6.07) is 15.0. The average Bonchev–Trinajstić information content (AvgIpc) is 2.91. The van der Waals surface area contributed by atoms with Crippen LogP contribution >= 0.6 is 23.8 Å². The Kier molecular flexibility index (Phi) is 8.92. The van der Waals surface area contributed by atoms with Crippen molar-refractivity contribution in [3.8, 4) is 0 Å². The van der Waals surface area contributed by atoms with Gasteiger partial charge in [0, 0.05) is 43.3 Å². The van der Waals surface area contributed by atoms with E-state index in [4.69, 9.17) is 33.5 Å². The number of benzodiazepines with no additional fused rings is 1. The number of aliphatic imine (C=N–C) groups is 1. The van der Waals surface area contributed by atoms with Gasteiger partial charge < -0.3 is 25.2 Å². The number of carbonyl (C=O) groups excluding carboxylic acids is 2. The first-order valence-electron chi connectivity index (χ1n) is 11.7. The summed E-state index contributed by atoms with van der Waals surface area (Å²) in [5.41, 5.74) is 2.43. The molecule has 0 saturated heterocycles. The molecule has 0 radical (unpaired) electrons. The molecule has 36 heavy (non-hydrogen) atoms. The predicted molar refractivity (Wildman–Crippen MR) is 148 cm³/mol. The Morgan fingerprint density at radius 2 is 1.92 bits per heavy atom. The van der Waals surface area contributed by atoms with Crippen molar-refractivity contribution in [2.75, 3.05) is 32.1 Å². The summed E-state index contributed by atoms with van der Waals surface area (Å²) in [4.78, 5) is 33.2. The standard InChI is InChI=1S/C26H32ClN5O3S/c1-26(2,3)35-25(34)31(4)15-9-14-28-24(36)30-22-23(33)32(5)20-13-12-18(27)16-19(20)21(29-22)17-10-7-6-8-11-17/h6-8,10-13,16,22H,9,14-15H2,1-5H3,(H2,28,30,36). The lowest BCUT2D eigenvalue weighted by atomic mass is 10.0. The number of amides is 2. The third kappa shape index (κ3) is 7.18. The van der Waals surface area contributed by atoms with E-state index >= 15 is 0 Å². The van der Waals surface area contributed by atoms with Crippen molar-refractivity contribution in [1.29, 1.82) is 0 Å². The number of ether oxygens (including phenoxy) is 1. The molecule has 0 fully saturated rings. The van der Waals surface area contributed by atoms with E-state index in [0.29, 0.717) is 41.0 Å². The van der Waals surface area contributed by atoms with Gasteiger partial charge in [0.2, 0.25) is 6.17 Å². The smallest absolute Gasteiger partial charge is 0.410 e. The summed E-state index contributed by atoms with van der Waals surface area (Å²) in [5.74, 6) is -0.252. The number of carbonyl (C=O) groups is 2. The number of hydrogen-bond donors (Lipinski definition) is 2. The number of halogens is 1. The fraction of sp³-hybridized carbons (Fsp3) is 0.385. The van der Waals surface area contributed by atoms with E-state index in [1.165, 1.54) is 4.90 Å². The lowest BCUT2D eigenvalue weighted by Gasteiger charge is -2.25. The van der Waals surface area contributed by atoms with Gasteiger partial charge in [0.05, 0.1) is 11.4 Å². The molecule has 2 N–H and O–H groups in total. The number of anilines is 1. The number of likely N-dealkylation sites (N-methyl/N-ethyl adjacent to an activating group) is 1. The van der Waals surface area contributed by atoms with Crippen molar-refractivity contribution >= 4 is 52.3 Å². The second-order valence-corrected chi connectivity index (χ2v) is 10.3. The van der Waals surface area contributed by atoms with Gasteiger partial charge in [-0.3, -0.25) is 4.79 Å². The van der Waals surface area contributed by atoms with E-state index in [9.17, 15) is 9.59 Å². The number of fused-ring (bicyclic) bond motifs is 1. The molecule has 0 spiro atoms. The Morgan fingerprint density at radius 1 is 1.22 bits per heavy atom. The Morgan fingerprint density at radius 3 is 2.58 bits per heavy atom. The molecule has 192 valence electrons. The van der Waals surface area contributed by atoms with Crippen LogP contribution in [0.3, 0.4) is 0 Å². The van der Waals surface area contributed by atoms with Crippen LogP contribution in [0.2, 0.25) is 5.02 Å². The third-order valence-corrected chi connectivity index (χ3v) is 5.87.